The summed E-state index contributed by atoms with van der Waals surface area (Å²) in [5, 5.41) is 0. The Kier molecular flexibility index (Phi) is 5.62. The highest BCUT2D eigenvalue weighted by atomic mass is 14.6. The van der Waals surface area contributed by atoms with Gasteiger partial charge in [0.05, 0.1) is 0 Å². The van der Waals surface area contributed by atoms with Crippen molar-refractivity contribution in [2.75, 3.05) is 0 Å². The lowest BCUT2D eigenvalue weighted by Gasteiger charge is -2.30. The van der Waals surface area contributed by atoms with Crippen LogP contribution in [0.3, 0.4) is 0 Å². The Hall–Kier alpha value is -0.0400. The Morgan fingerprint density at radius 2 is 1.54 bits per heavy atom. The third-order valence-electron chi connectivity index (χ3n) is 2.87. The van der Waals surface area contributed by atoms with Crippen molar-refractivity contribution in [3.63, 3.8) is 0 Å². The average molecular weight is 185 g/mol. The van der Waals surface area contributed by atoms with Crippen LogP contribution in [0.25, 0.3) is 0 Å². The maximum Gasteiger partial charge on any atom is 0.00155 e. The molecule has 0 fully saturated rings. The van der Waals surface area contributed by atoms with Gasteiger partial charge in [0.2, 0.25) is 0 Å². The molecule has 80 valence electrons. The summed E-state index contributed by atoms with van der Waals surface area (Å²) in [5.74, 6) is 0.883. The summed E-state index contributed by atoms with van der Waals surface area (Å²) in [6, 6.07) is 0.337. The molecule has 0 aromatic carbocycles. The van der Waals surface area contributed by atoms with Gasteiger partial charge in [-0.15, -0.1) is 0 Å². The molecule has 0 amide bonds. The second-order valence-corrected chi connectivity index (χ2v) is 5.23. The summed E-state index contributed by atoms with van der Waals surface area (Å²) in [5.41, 5.74) is 6.26. The normalized spacial score (nSPS) is 15.0. The molecule has 0 aliphatic heterocycles. The van der Waals surface area contributed by atoms with Crippen LogP contribution in [0.4, 0.5) is 0 Å². The molecule has 13 heavy (non-hydrogen) atoms. The second-order valence-electron chi connectivity index (χ2n) is 5.23. The Bertz CT molecular complexity index is 123. The highest BCUT2D eigenvalue weighted by Gasteiger charge is 2.22. The number of nitrogens with two attached hydrogens (primary N) is 1. The minimum atomic E-state index is 0.337. The molecule has 1 atom stereocenters. The van der Waals surface area contributed by atoms with Gasteiger partial charge < -0.3 is 5.73 Å². The lowest BCUT2D eigenvalue weighted by atomic mass is 9.77. The van der Waals surface area contributed by atoms with Crippen LogP contribution in [0, 0.1) is 11.3 Å². The standard InChI is InChI=1S/C12H27N/c1-6-11(7-2)9-12(4,5)8-10(3)13/h10-11H,6-9,13H2,1-5H3. The molecule has 1 heteroatoms. The second kappa shape index (κ2) is 5.64. The summed E-state index contributed by atoms with van der Waals surface area (Å²) >= 11 is 0. The van der Waals surface area contributed by atoms with E-state index in [1.165, 1.54) is 19.3 Å². The van der Waals surface area contributed by atoms with Crippen molar-refractivity contribution in [1.82, 2.24) is 0 Å². The van der Waals surface area contributed by atoms with Crippen LogP contribution in [0.2, 0.25) is 0 Å². The third-order valence-corrected chi connectivity index (χ3v) is 2.87. The van der Waals surface area contributed by atoms with Gasteiger partial charge in [-0.05, 0) is 31.1 Å². The van der Waals surface area contributed by atoms with Gasteiger partial charge in [-0.25, -0.2) is 0 Å². The first-order chi connectivity index (χ1) is 5.91. The summed E-state index contributed by atoms with van der Waals surface area (Å²) < 4.78 is 0. The fourth-order valence-corrected chi connectivity index (χ4v) is 2.31. The van der Waals surface area contributed by atoms with Crippen LogP contribution < -0.4 is 5.73 Å². The van der Waals surface area contributed by atoms with E-state index in [-0.39, 0.29) is 0 Å². The molecule has 0 heterocycles. The number of hydrogen-bond acceptors (Lipinski definition) is 1. The van der Waals surface area contributed by atoms with E-state index in [1.807, 2.05) is 0 Å². The number of hydrogen-bond donors (Lipinski definition) is 1. The van der Waals surface area contributed by atoms with Gasteiger partial charge >= 0.3 is 0 Å². The van der Waals surface area contributed by atoms with E-state index < -0.39 is 0 Å². The topological polar surface area (TPSA) is 26.0 Å². The third kappa shape index (κ3) is 6.09. The molecule has 0 saturated heterocycles. The van der Waals surface area contributed by atoms with Crippen molar-refractivity contribution in [2.45, 2.75) is 66.3 Å². The van der Waals surface area contributed by atoms with Crippen molar-refractivity contribution in [1.29, 1.82) is 0 Å². The SMILES string of the molecule is CCC(CC)CC(C)(C)CC(C)N. The summed E-state index contributed by atoms with van der Waals surface area (Å²) in [4.78, 5) is 0. The van der Waals surface area contributed by atoms with Crippen LogP contribution in [-0.2, 0) is 0 Å². The molecule has 0 spiro atoms. The first-order valence-electron chi connectivity index (χ1n) is 5.66. The van der Waals surface area contributed by atoms with Gasteiger partial charge in [0, 0.05) is 6.04 Å². The smallest absolute Gasteiger partial charge is 0.00155 e. The lowest BCUT2D eigenvalue weighted by molar-refractivity contribution is 0.226. The van der Waals surface area contributed by atoms with E-state index in [2.05, 4.69) is 34.6 Å². The maximum atomic E-state index is 5.84. The van der Waals surface area contributed by atoms with Crippen LogP contribution >= 0.6 is 0 Å². The molecular formula is C12H27N. The van der Waals surface area contributed by atoms with Gasteiger partial charge in [0.25, 0.3) is 0 Å². The molecule has 0 aliphatic carbocycles. The van der Waals surface area contributed by atoms with Gasteiger partial charge in [-0.2, -0.15) is 0 Å². The van der Waals surface area contributed by atoms with E-state index in [1.54, 1.807) is 0 Å². The summed E-state index contributed by atoms with van der Waals surface area (Å²) in [6.07, 6.45) is 5.07. The predicted octanol–water partition coefficient (Wildman–Crippen LogP) is 3.58. The average Bonchev–Trinajstić information content (AvgIpc) is 1.97. The molecule has 0 aromatic heterocycles. The molecular weight excluding hydrogens is 158 g/mol. The first kappa shape index (κ1) is 13.0. The molecule has 0 bridgehead atoms. The first-order valence-corrected chi connectivity index (χ1v) is 5.66. The van der Waals surface area contributed by atoms with E-state index in [0.717, 1.165) is 12.3 Å². The Balaban J connectivity index is 3.98. The van der Waals surface area contributed by atoms with Gasteiger partial charge in [0.15, 0.2) is 0 Å². The zero-order valence-corrected chi connectivity index (χ0v) is 10.1. The highest BCUT2D eigenvalue weighted by Crippen LogP contribution is 2.32. The molecule has 1 nitrogen and oxygen atoms in total. The maximum absolute atomic E-state index is 5.84. The monoisotopic (exact) mass is 185 g/mol. The highest BCUT2D eigenvalue weighted by molar-refractivity contribution is 4.76. The minimum absolute atomic E-state index is 0.337. The van der Waals surface area contributed by atoms with Gasteiger partial charge in [-0.1, -0.05) is 40.5 Å². The molecule has 0 radical (unpaired) electrons. The van der Waals surface area contributed by atoms with E-state index >= 15 is 0 Å². The Morgan fingerprint density at radius 1 is 1.08 bits per heavy atom. The quantitative estimate of drug-likeness (QED) is 0.672. The van der Waals surface area contributed by atoms with Gasteiger partial charge in [0.1, 0.15) is 0 Å². The molecule has 0 aromatic rings. The van der Waals surface area contributed by atoms with Crippen molar-refractivity contribution in [3.05, 3.63) is 0 Å². The van der Waals surface area contributed by atoms with Crippen molar-refractivity contribution in [2.24, 2.45) is 17.1 Å². The summed E-state index contributed by atoms with van der Waals surface area (Å²) in [7, 11) is 0. The van der Waals surface area contributed by atoms with Crippen molar-refractivity contribution < 1.29 is 0 Å². The van der Waals surface area contributed by atoms with Crippen molar-refractivity contribution >= 4 is 0 Å². The zero-order chi connectivity index (χ0) is 10.5. The Morgan fingerprint density at radius 3 is 1.85 bits per heavy atom. The Labute approximate surface area is 84.1 Å². The molecule has 0 aliphatic rings. The van der Waals surface area contributed by atoms with Crippen molar-refractivity contribution in [3.8, 4) is 0 Å². The van der Waals surface area contributed by atoms with Crippen LogP contribution in [-0.4, -0.2) is 6.04 Å². The molecule has 0 rings (SSSR count). The lowest BCUT2D eigenvalue weighted by Crippen LogP contribution is -2.26. The van der Waals surface area contributed by atoms with E-state index in [4.69, 9.17) is 5.73 Å². The van der Waals surface area contributed by atoms with Crippen LogP contribution in [0.5, 0.6) is 0 Å². The van der Waals surface area contributed by atoms with Crippen LogP contribution in [0.15, 0.2) is 0 Å². The van der Waals surface area contributed by atoms with Gasteiger partial charge in [-0.3, -0.25) is 0 Å². The fourth-order valence-electron chi connectivity index (χ4n) is 2.31. The summed E-state index contributed by atoms with van der Waals surface area (Å²) in [6.45, 7) is 11.4. The van der Waals surface area contributed by atoms with E-state index in [9.17, 15) is 0 Å². The molecule has 0 saturated carbocycles. The molecule has 1 unspecified atom stereocenters. The van der Waals surface area contributed by atoms with Crippen LogP contribution in [0.1, 0.15) is 60.3 Å². The predicted molar refractivity (Wildman–Crippen MR) is 60.7 cm³/mol. The fraction of sp³-hybridized carbons (Fsp3) is 1.00. The van der Waals surface area contributed by atoms with E-state index in [0.29, 0.717) is 11.5 Å². The number of rotatable bonds is 6. The molecule has 2 N–H and O–H groups in total. The zero-order valence-electron chi connectivity index (χ0n) is 10.1. The minimum Gasteiger partial charge on any atom is -0.328 e. The largest absolute Gasteiger partial charge is 0.328 e.